The summed E-state index contributed by atoms with van der Waals surface area (Å²) in [7, 11) is 1.66. The van der Waals surface area contributed by atoms with Crippen LogP contribution in [0.5, 0.6) is 11.5 Å². The van der Waals surface area contributed by atoms with Crippen LogP contribution < -0.4 is 4.74 Å². The second-order valence-corrected chi connectivity index (χ2v) is 4.93. The molecule has 4 heteroatoms. The van der Waals surface area contributed by atoms with Crippen molar-refractivity contribution in [3.05, 3.63) is 18.2 Å². The molecule has 2 nitrogen and oxygen atoms in total. The Morgan fingerprint density at radius 3 is 2.86 bits per heavy atom. The fraction of sp³-hybridized carbons (Fsp3) is 0.200. The van der Waals surface area contributed by atoms with Crippen LogP contribution in [-0.4, -0.2) is 18.5 Å². The van der Waals surface area contributed by atoms with Gasteiger partial charge in [0.1, 0.15) is 9.96 Å². The fourth-order valence-electron chi connectivity index (χ4n) is 1.37. The van der Waals surface area contributed by atoms with Gasteiger partial charge in [-0.15, -0.1) is 23.1 Å². The number of fused-ring (bicyclic) bond motifs is 1. The summed E-state index contributed by atoms with van der Waals surface area (Å²) >= 11 is 3.35. The second-order valence-electron chi connectivity index (χ2n) is 2.81. The lowest BCUT2D eigenvalue weighted by Crippen LogP contribution is -1.81. The molecule has 1 N–H and O–H groups in total. The number of phenols is 1. The topological polar surface area (TPSA) is 29.5 Å². The van der Waals surface area contributed by atoms with Crippen LogP contribution in [0.4, 0.5) is 0 Å². The number of hydrogen-bond acceptors (Lipinski definition) is 4. The number of benzene rings is 1. The van der Waals surface area contributed by atoms with Gasteiger partial charge in [0.15, 0.2) is 5.75 Å². The first kappa shape index (κ1) is 9.68. The van der Waals surface area contributed by atoms with Crippen LogP contribution in [-0.2, 0) is 0 Å². The third-order valence-electron chi connectivity index (χ3n) is 1.99. The Labute approximate surface area is 90.5 Å². The first-order valence-electron chi connectivity index (χ1n) is 4.09. The Morgan fingerprint density at radius 1 is 1.43 bits per heavy atom. The molecule has 0 aliphatic carbocycles. The van der Waals surface area contributed by atoms with E-state index in [0.29, 0.717) is 0 Å². The number of phenolic OH excluding ortho intramolecular Hbond substituents is 1. The maximum atomic E-state index is 9.37. The number of ether oxygens (including phenoxy) is 1. The van der Waals surface area contributed by atoms with Crippen molar-refractivity contribution >= 4 is 33.2 Å². The molecule has 2 aromatic rings. The van der Waals surface area contributed by atoms with Crippen molar-refractivity contribution < 1.29 is 9.84 Å². The third-order valence-corrected chi connectivity index (χ3v) is 4.24. The molecular weight excluding hydrogens is 216 g/mol. The largest absolute Gasteiger partial charge is 0.508 e. The van der Waals surface area contributed by atoms with Crippen molar-refractivity contribution in [2.45, 2.75) is 4.21 Å². The van der Waals surface area contributed by atoms with Gasteiger partial charge in [-0.3, -0.25) is 0 Å². The Kier molecular flexibility index (Phi) is 2.56. The summed E-state index contributed by atoms with van der Waals surface area (Å²) in [5.74, 6) is 1.15. The number of rotatable bonds is 2. The zero-order valence-electron chi connectivity index (χ0n) is 7.90. The van der Waals surface area contributed by atoms with Crippen LogP contribution in [0.25, 0.3) is 10.1 Å². The van der Waals surface area contributed by atoms with E-state index in [9.17, 15) is 5.11 Å². The molecule has 2 rings (SSSR count). The number of methoxy groups -OCH3 is 1. The van der Waals surface area contributed by atoms with E-state index in [2.05, 4.69) is 0 Å². The molecule has 0 aliphatic heterocycles. The number of aromatic hydroxyl groups is 1. The predicted octanol–water partition coefficient (Wildman–Crippen LogP) is 3.34. The molecule has 1 aromatic carbocycles. The van der Waals surface area contributed by atoms with E-state index in [1.54, 1.807) is 42.3 Å². The maximum absolute atomic E-state index is 9.37. The maximum Gasteiger partial charge on any atom is 0.151 e. The van der Waals surface area contributed by atoms with Gasteiger partial charge < -0.3 is 9.84 Å². The van der Waals surface area contributed by atoms with Gasteiger partial charge in [-0.2, -0.15) is 0 Å². The molecule has 1 aromatic heterocycles. The molecule has 0 saturated carbocycles. The minimum Gasteiger partial charge on any atom is -0.508 e. The average molecular weight is 226 g/mol. The van der Waals surface area contributed by atoms with Gasteiger partial charge in [0.25, 0.3) is 0 Å². The minimum atomic E-state index is 0.279. The summed E-state index contributed by atoms with van der Waals surface area (Å²) in [6, 6.07) is 5.35. The monoisotopic (exact) mass is 226 g/mol. The van der Waals surface area contributed by atoms with Crippen molar-refractivity contribution in [3.8, 4) is 11.5 Å². The van der Waals surface area contributed by atoms with Crippen molar-refractivity contribution in [1.29, 1.82) is 0 Å². The van der Waals surface area contributed by atoms with Crippen molar-refractivity contribution in [1.82, 2.24) is 0 Å². The van der Waals surface area contributed by atoms with Crippen LogP contribution in [0.1, 0.15) is 0 Å². The standard InChI is InChI=1S/C10H10O2S2/c1-12-9-7-5-6(11)3-4-8(7)14-10(9)13-2/h3-5,11H,1-2H3. The normalized spacial score (nSPS) is 10.7. The van der Waals surface area contributed by atoms with E-state index in [-0.39, 0.29) is 5.75 Å². The van der Waals surface area contributed by atoms with Crippen LogP contribution in [0.15, 0.2) is 22.4 Å². The van der Waals surface area contributed by atoms with Gasteiger partial charge >= 0.3 is 0 Å². The van der Waals surface area contributed by atoms with Crippen LogP contribution in [0.2, 0.25) is 0 Å². The molecule has 14 heavy (non-hydrogen) atoms. The summed E-state index contributed by atoms with van der Waals surface area (Å²) in [6.45, 7) is 0. The molecule has 0 aliphatic rings. The van der Waals surface area contributed by atoms with E-state index >= 15 is 0 Å². The van der Waals surface area contributed by atoms with Crippen molar-refractivity contribution in [3.63, 3.8) is 0 Å². The third kappa shape index (κ3) is 1.44. The first-order chi connectivity index (χ1) is 6.76. The number of hydrogen-bond donors (Lipinski definition) is 1. The highest BCUT2D eigenvalue weighted by Crippen LogP contribution is 2.43. The molecule has 0 fully saturated rings. The Morgan fingerprint density at radius 2 is 2.21 bits per heavy atom. The molecule has 0 amide bonds. The second kappa shape index (κ2) is 3.71. The molecule has 1 heterocycles. The Bertz CT molecular complexity index is 462. The lowest BCUT2D eigenvalue weighted by atomic mass is 10.2. The summed E-state index contributed by atoms with van der Waals surface area (Å²) in [6.07, 6.45) is 2.02. The molecule has 0 saturated heterocycles. The van der Waals surface area contributed by atoms with E-state index in [1.165, 1.54) is 0 Å². The molecule has 0 unspecified atom stereocenters. The fourth-order valence-corrected chi connectivity index (χ4v) is 3.23. The Hall–Kier alpha value is -0.870. The van der Waals surface area contributed by atoms with E-state index in [1.807, 2.05) is 12.3 Å². The van der Waals surface area contributed by atoms with Gasteiger partial charge in [0.05, 0.1) is 7.11 Å². The van der Waals surface area contributed by atoms with Gasteiger partial charge in [0, 0.05) is 10.1 Å². The molecule has 0 spiro atoms. The zero-order chi connectivity index (χ0) is 10.1. The molecule has 74 valence electrons. The molecular formula is C10H10O2S2. The SMILES string of the molecule is COc1c(SC)sc2ccc(O)cc12. The van der Waals surface area contributed by atoms with Gasteiger partial charge in [-0.1, -0.05) is 0 Å². The Balaban J connectivity index is 2.74. The number of thiophene rings is 1. The van der Waals surface area contributed by atoms with Crippen LogP contribution >= 0.6 is 23.1 Å². The molecule has 0 atom stereocenters. The highest BCUT2D eigenvalue weighted by molar-refractivity contribution is 8.00. The number of thioether (sulfide) groups is 1. The smallest absolute Gasteiger partial charge is 0.151 e. The summed E-state index contributed by atoms with van der Waals surface area (Å²) in [4.78, 5) is 0. The van der Waals surface area contributed by atoms with Crippen molar-refractivity contribution in [2.75, 3.05) is 13.4 Å². The van der Waals surface area contributed by atoms with Crippen LogP contribution in [0, 0.1) is 0 Å². The zero-order valence-corrected chi connectivity index (χ0v) is 9.54. The van der Waals surface area contributed by atoms with Gasteiger partial charge in [-0.05, 0) is 24.5 Å². The summed E-state index contributed by atoms with van der Waals surface area (Å²) in [5, 5.41) is 10.4. The van der Waals surface area contributed by atoms with Crippen LogP contribution in [0.3, 0.4) is 0 Å². The van der Waals surface area contributed by atoms with Crippen molar-refractivity contribution in [2.24, 2.45) is 0 Å². The van der Waals surface area contributed by atoms with E-state index in [0.717, 1.165) is 20.0 Å². The summed E-state index contributed by atoms with van der Waals surface area (Å²) in [5.41, 5.74) is 0. The lowest BCUT2D eigenvalue weighted by Gasteiger charge is -1.99. The quantitative estimate of drug-likeness (QED) is 0.796. The lowest BCUT2D eigenvalue weighted by molar-refractivity contribution is 0.412. The van der Waals surface area contributed by atoms with E-state index in [4.69, 9.17) is 4.74 Å². The minimum absolute atomic E-state index is 0.279. The predicted molar refractivity (Wildman–Crippen MR) is 61.8 cm³/mol. The average Bonchev–Trinajstić information content (AvgIpc) is 2.54. The summed E-state index contributed by atoms with van der Waals surface area (Å²) < 4.78 is 7.61. The van der Waals surface area contributed by atoms with Gasteiger partial charge in [-0.25, -0.2) is 0 Å². The molecule has 0 bridgehead atoms. The molecule has 0 radical (unpaired) electrons. The first-order valence-corrected chi connectivity index (χ1v) is 6.14. The van der Waals surface area contributed by atoms with Gasteiger partial charge in [0.2, 0.25) is 0 Å². The van der Waals surface area contributed by atoms with E-state index < -0.39 is 0 Å². The highest BCUT2D eigenvalue weighted by Gasteiger charge is 2.11. The highest BCUT2D eigenvalue weighted by atomic mass is 32.2.